The Morgan fingerprint density at radius 1 is 1.00 bits per heavy atom. The van der Waals surface area contributed by atoms with Gasteiger partial charge in [-0.15, -0.1) is 0 Å². The van der Waals surface area contributed by atoms with Gasteiger partial charge in [0.2, 0.25) is 0 Å². The highest BCUT2D eigenvalue weighted by Gasteiger charge is 2.11. The van der Waals surface area contributed by atoms with Crippen LogP contribution in [-0.2, 0) is 0 Å². The summed E-state index contributed by atoms with van der Waals surface area (Å²) < 4.78 is 45.3. The van der Waals surface area contributed by atoms with Crippen molar-refractivity contribution in [2.75, 3.05) is 11.1 Å². The molecule has 0 unspecified atom stereocenters. The third kappa shape index (κ3) is 3.81. The Balaban J connectivity index is 2.34. The molecular weight excluding hydrogens is 281 g/mol. The molecule has 21 heavy (non-hydrogen) atoms. The quantitative estimate of drug-likeness (QED) is 0.831. The van der Waals surface area contributed by atoms with Gasteiger partial charge in [0.05, 0.1) is 17.5 Å². The molecule has 2 aromatic carbocycles. The average Bonchev–Trinajstić information content (AvgIpc) is 2.33. The second kappa shape index (κ2) is 5.95. The van der Waals surface area contributed by atoms with Gasteiger partial charge in [-0.05, 0) is 26.0 Å². The molecule has 0 aromatic heterocycles. The van der Waals surface area contributed by atoms with Gasteiger partial charge >= 0.3 is 0 Å². The number of hydrogen-bond acceptors (Lipinski definition) is 3. The van der Waals surface area contributed by atoms with E-state index in [-0.39, 0.29) is 23.2 Å². The van der Waals surface area contributed by atoms with Gasteiger partial charge in [-0.1, -0.05) is 0 Å². The van der Waals surface area contributed by atoms with Crippen LogP contribution < -0.4 is 15.8 Å². The molecule has 0 saturated heterocycles. The molecule has 0 heterocycles. The molecule has 2 aromatic rings. The van der Waals surface area contributed by atoms with E-state index in [2.05, 4.69) is 5.32 Å². The second-order valence-electron chi connectivity index (χ2n) is 4.82. The predicted molar refractivity (Wildman–Crippen MR) is 76.2 cm³/mol. The Bertz CT molecular complexity index is 639. The van der Waals surface area contributed by atoms with E-state index in [4.69, 9.17) is 10.5 Å². The van der Waals surface area contributed by atoms with Crippen molar-refractivity contribution in [1.82, 2.24) is 0 Å². The standard InChI is InChI=1S/C15H15F3N2O/c1-8(2)21-15-7-14(13(19)6-12(15)18)20-11-4-9(16)3-10(17)5-11/h3-8,20H,19H2,1-2H3. The van der Waals surface area contributed by atoms with E-state index in [1.165, 1.54) is 6.07 Å². The normalized spacial score (nSPS) is 10.8. The molecule has 112 valence electrons. The number of nitrogens with two attached hydrogens (primary N) is 1. The molecule has 0 aliphatic heterocycles. The highest BCUT2D eigenvalue weighted by molar-refractivity contribution is 5.74. The van der Waals surface area contributed by atoms with Gasteiger partial charge in [-0.2, -0.15) is 0 Å². The minimum absolute atomic E-state index is 0.0126. The Kier molecular flexibility index (Phi) is 4.26. The minimum atomic E-state index is -0.725. The summed E-state index contributed by atoms with van der Waals surface area (Å²) in [6, 6.07) is 5.42. The van der Waals surface area contributed by atoms with Gasteiger partial charge in [0.25, 0.3) is 0 Å². The molecule has 0 amide bonds. The summed E-state index contributed by atoms with van der Waals surface area (Å²) in [5.41, 5.74) is 6.28. The largest absolute Gasteiger partial charge is 0.488 e. The Labute approximate surface area is 120 Å². The number of benzene rings is 2. The van der Waals surface area contributed by atoms with Gasteiger partial charge in [-0.3, -0.25) is 0 Å². The van der Waals surface area contributed by atoms with Crippen LogP contribution in [0, 0.1) is 17.5 Å². The van der Waals surface area contributed by atoms with Crippen molar-refractivity contribution in [2.24, 2.45) is 0 Å². The molecule has 0 fully saturated rings. The lowest BCUT2D eigenvalue weighted by molar-refractivity contribution is 0.231. The monoisotopic (exact) mass is 296 g/mol. The van der Waals surface area contributed by atoms with Crippen LogP contribution in [0.5, 0.6) is 5.75 Å². The van der Waals surface area contributed by atoms with Crippen molar-refractivity contribution in [3.05, 3.63) is 47.8 Å². The van der Waals surface area contributed by atoms with Crippen molar-refractivity contribution in [2.45, 2.75) is 20.0 Å². The summed E-state index contributed by atoms with van der Waals surface area (Å²) in [7, 11) is 0. The third-order valence-electron chi connectivity index (χ3n) is 2.61. The van der Waals surface area contributed by atoms with Gasteiger partial charge < -0.3 is 15.8 Å². The van der Waals surface area contributed by atoms with E-state index < -0.39 is 17.5 Å². The van der Waals surface area contributed by atoms with Crippen LogP contribution in [0.2, 0.25) is 0 Å². The first-order chi connectivity index (χ1) is 9.85. The van der Waals surface area contributed by atoms with E-state index in [9.17, 15) is 13.2 Å². The molecule has 0 saturated carbocycles. The first-order valence-corrected chi connectivity index (χ1v) is 6.34. The molecule has 3 nitrogen and oxygen atoms in total. The summed E-state index contributed by atoms with van der Waals surface area (Å²) in [5, 5.41) is 2.74. The number of hydrogen-bond donors (Lipinski definition) is 2. The molecule has 0 atom stereocenters. The Morgan fingerprint density at radius 2 is 1.62 bits per heavy atom. The van der Waals surface area contributed by atoms with Crippen LogP contribution in [0.1, 0.15) is 13.8 Å². The molecule has 6 heteroatoms. The van der Waals surface area contributed by atoms with Gasteiger partial charge in [0.1, 0.15) is 11.6 Å². The van der Waals surface area contributed by atoms with Crippen molar-refractivity contribution >= 4 is 17.1 Å². The number of nitrogen functional groups attached to an aromatic ring is 1. The van der Waals surface area contributed by atoms with Crippen molar-refractivity contribution in [3.8, 4) is 5.75 Å². The summed E-state index contributed by atoms with van der Waals surface area (Å²) in [4.78, 5) is 0. The third-order valence-corrected chi connectivity index (χ3v) is 2.61. The van der Waals surface area contributed by atoms with Crippen LogP contribution in [0.4, 0.5) is 30.2 Å². The maximum Gasteiger partial charge on any atom is 0.167 e. The average molecular weight is 296 g/mol. The number of nitrogens with one attached hydrogen (secondary N) is 1. The van der Waals surface area contributed by atoms with Crippen LogP contribution in [0.15, 0.2) is 30.3 Å². The first kappa shape index (κ1) is 15.0. The number of ether oxygens (including phenoxy) is 1. The fourth-order valence-electron chi connectivity index (χ4n) is 1.80. The molecule has 0 spiro atoms. The Morgan fingerprint density at radius 3 is 2.19 bits per heavy atom. The lowest BCUT2D eigenvalue weighted by Gasteiger charge is -2.15. The highest BCUT2D eigenvalue weighted by atomic mass is 19.1. The molecule has 2 rings (SSSR count). The zero-order valence-corrected chi connectivity index (χ0v) is 11.6. The fraction of sp³-hybridized carbons (Fsp3) is 0.200. The van der Waals surface area contributed by atoms with E-state index in [1.807, 2.05) is 0 Å². The molecule has 0 aliphatic rings. The van der Waals surface area contributed by atoms with Crippen LogP contribution in [-0.4, -0.2) is 6.10 Å². The number of rotatable bonds is 4. The zero-order valence-electron chi connectivity index (χ0n) is 11.6. The fourth-order valence-corrected chi connectivity index (χ4v) is 1.80. The SMILES string of the molecule is CC(C)Oc1cc(Nc2cc(F)cc(F)c2)c(N)cc1F. The van der Waals surface area contributed by atoms with Crippen molar-refractivity contribution in [1.29, 1.82) is 0 Å². The summed E-state index contributed by atoms with van der Waals surface area (Å²) >= 11 is 0. The molecule has 0 bridgehead atoms. The maximum absolute atomic E-state index is 13.7. The van der Waals surface area contributed by atoms with Crippen LogP contribution >= 0.6 is 0 Å². The van der Waals surface area contributed by atoms with E-state index in [1.54, 1.807) is 13.8 Å². The highest BCUT2D eigenvalue weighted by Crippen LogP contribution is 2.31. The molecule has 0 aliphatic carbocycles. The van der Waals surface area contributed by atoms with Gasteiger partial charge in [0.15, 0.2) is 11.6 Å². The van der Waals surface area contributed by atoms with Gasteiger partial charge in [0, 0.05) is 23.9 Å². The van der Waals surface area contributed by atoms with E-state index in [0.717, 1.165) is 24.3 Å². The predicted octanol–water partition coefficient (Wildman–Crippen LogP) is 4.22. The Hall–Kier alpha value is -2.37. The molecule has 0 radical (unpaired) electrons. The topological polar surface area (TPSA) is 47.3 Å². The lowest BCUT2D eigenvalue weighted by atomic mass is 10.2. The molecule has 3 N–H and O–H groups in total. The second-order valence-corrected chi connectivity index (χ2v) is 4.82. The molecular formula is C15H15F3N2O. The maximum atomic E-state index is 13.7. The first-order valence-electron chi connectivity index (χ1n) is 6.34. The summed E-state index contributed by atoms with van der Waals surface area (Å²) in [6.45, 7) is 3.51. The summed E-state index contributed by atoms with van der Waals surface area (Å²) in [6.07, 6.45) is -0.220. The van der Waals surface area contributed by atoms with Crippen molar-refractivity contribution in [3.63, 3.8) is 0 Å². The van der Waals surface area contributed by atoms with E-state index in [0.29, 0.717) is 5.69 Å². The smallest absolute Gasteiger partial charge is 0.167 e. The summed E-state index contributed by atoms with van der Waals surface area (Å²) in [5.74, 6) is -2.04. The lowest BCUT2D eigenvalue weighted by Crippen LogP contribution is -2.08. The van der Waals surface area contributed by atoms with Crippen molar-refractivity contribution < 1.29 is 17.9 Å². The minimum Gasteiger partial charge on any atom is -0.488 e. The van der Waals surface area contributed by atoms with Crippen LogP contribution in [0.3, 0.4) is 0 Å². The number of anilines is 3. The van der Waals surface area contributed by atoms with Crippen LogP contribution in [0.25, 0.3) is 0 Å². The zero-order chi connectivity index (χ0) is 15.6. The van der Waals surface area contributed by atoms with E-state index >= 15 is 0 Å². The van der Waals surface area contributed by atoms with Gasteiger partial charge in [-0.25, -0.2) is 13.2 Å². The number of halogens is 3.